The summed E-state index contributed by atoms with van der Waals surface area (Å²) < 4.78 is 4.52. The Morgan fingerprint density at radius 2 is 1.22 bits per heavy atom. The monoisotopic (exact) mass is 526 g/mol. The summed E-state index contributed by atoms with van der Waals surface area (Å²) in [7, 11) is 0. The highest BCUT2D eigenvalue weighted by molar-refractivity contribution is 5.91. The molecule has 1 aliphatic rings. The summed E-state index contributed by atoms with van der Waals surface area (Å²) in [5, 5.41) is 13.1. The molecule has 194 valence electrons. The predicted octanol–water partition coefficient (Wildman–Crippen LogP) is 8.82. The molecule has 7 aromatic rings. The molecular weight excluding hydrogens is 500 g/mol. The van der Waals surface area contributed by atoms with Crippen LogP contribution in [0.4, 0.5) is 0 Å². The van der Waals surface area contributed by atoms with Gasteiger partial charge in [-0.1, -0.05) is 91.0 Å². The van der Waals surface area contributed by atoms with Crippen molar-refractivity contribution in [2.24, 2.45) is 0 Å². The molecule has 4 heteroatoms. The van der Waals surface area contributed by atoms with E-state index in [9.17, 15) is 0 Å². The molecule has 0 saturated heterocycles. The second kappa shape index (κ2) is 9.61. The highest BCUT2D eigenvalue weighted by Gasteiger charge is 2.19. The molecule has 0 spiro atoms. The summed E-state index contributed by atoms with van der Waals surface area (Å²) >= 11 is 0. The first-order valence-electron chi connectivity index (χ1n) is 13.9. The van der Waals surface area contributed by atoms with Crippen LogP contribution in [-0.2, 0) is 6.42 Å². The van der Waals surface area contributed by atoms with Gasteiger partial charge in [-0.15, -0.1) is 10.2 Å². The number of fused-ring (bicyclic) bond motifs is 4. The number of aromatic nitrogens is 4. The maximum atomic E-state index is 4.73. The van der Waals surface area contributed by atoms with Gasteiger partial charge in [-0.25, -0.2) is 0 Å². The third-order valence-electron chi connectivity index (χ3n) is 7.91. The highest BCUT2D eigenvalue weighted by atomic mass is 15.3. The molecular formula is C37H26N4. The number of hydrogen-bond donors (Lipinski definition) is 0. The first-order chi connectivity index (χ1) is 20.3. The Bertz CT molecular complexity index is 2110. The number of para-hydroxylation sites is 2. The Morgan fingerprint density at radius 3 is 2.07 bits per heavy atom. The van der Waals surface area contributed by atoms with Crippen molar-refractivity contribution >= 4 is 27.8 Å². The third-order valence-corrected chi connectivity index (χ3v) is 7.91. The van der Waals surface area contributed by atoms with Crippen LogP contribution in [0.2, 0.25) is 0 Å². The van der Waals surface area contributed by atoms with Crippen molar-refractivity contribution in [2.45, 2.75) is 6.42 Å². The van der Waals surface area contributed by atoms with Gasteiger partial charge in [0.25, 0.3) is 0 Å². The molecule has 41 heavy (non-hydrogen) atoms. The van der Waals surface area contributed by atoms with E-state index in [2.05, 4.69) is 149 Å². The van der Waals surface area contributed by atoms with Crippen LogP contribution in [-0.4, -0.2) is 19.3 Å². The molecule has 4 nitrogen and oxygen atoms in total. The van der Waals surface area contributed by atoms with Crippen LogP contribution in [0.15, 0.2) is 140 Å². The number of hydrogen-bond acceptors (Lipinski definition) is 2. The minimum atomic E-state index is 0.811. The predicted molar refractivity (Wildman–Crippen MR) is 168 cm³/mol. The molecule has 2 heterocycles. The lowest BCUT2D eigenvalue weighted by Crippen LogP contribution is -2.01. The van der Waals surface area contributed by atoms with E-state index in [0.717, 1.165) is 40.6 Å². The average Bonchev–Trinajstić information content (AvgIpc) is 3.52. The van der Waals surface area contributed by atoms with Gasteiger partial charge in [-0.05, 0) is 77.4 Å². The lowest BCUT2D eigenvalue weighted by atomic mass is 10.1. The maximum Gasteiger partial charge on any atom is 0.168 e. The van der Waals surface area contributed by atoms with E-state index >= 15 is 0 Å². The fourth-order valence-corrected chi connectivity index (χ4v) is 5.97. The normalized spacial score (nSPS) is 12.6. The molecule has 2 aromatic heterocycles. The van der Waals surface area contributed by atoms with Crippen molar-refractivity contribution in [3.05, 3.63) is 151 Å². The number of rotatable bonds is 4. The molecule has 0 bridgehead atoms. The van der Waals surface area contributed by atoms with Gasteiger partial charge in [-0.3, -0.25) is 4.57 Å². The molecule has 0 atom stereocenters. The van der Waals surface area contributed by atoms with Crippen molar-refractivity contribution in [1.29, 1.82) is 0 Å². The standard InChI is InChI=1S/C37H26N4/c1-3-13-30(14-4-1)41-36(38-39-37(41)29-20-19-26-11-7-8-12-28(26)25-29)27-21-23-31(24-22-27)40-34-17-6-2-5-15-32(34)33-16-9-10-18-35(33)40/h1-14,16-25H,15H2. The molecule has 5 aromatic carbocycles. The van der Waals surface area contributed by atoms with Crippen LogP contribution in [0, 0.1) is 0 Å². The van der Waals surface area contributed by atoms with Gasteiger partial charge < -0.3 is 4.57 Å². The Hall–Kier alpha value is -5.48. The van der Waals surface area contributed by atoms with Gasteiger partial charge in [0.05, 0.1) is 11.2 Å². The smallest absolute Gasteiger partial charge is 0.168 e. The lowest BCUT2D eigenvalue weighted by molar-refractivity contribution is 1.07. The SMILES string of the molecule is C1=CCc2c(n(-c3ccc(-c4nnc(-c5ccc6ccccc6c5)n4-c4ccccc4)cc3)c3ccccc23)C=C1. The van der Waals surface area contributed by atoms with Crippen molar-refractivity contribution in [3.8, 4) is 34.2 Å². The van der Waals surface area contributed by atoms with Gasteiger partial charge in [0.15, 0.2) is 11.6 Å². The van der Waals surface area contributed by atoms with Crippen LogP contribution < -0.4 is 0 Å². The third kappa shape index (κ3) is 3.92. The summed E-state index contributed by atoms with van der Waals surface area (Å²) in [4.78, 5) is 0. The van der Waals surface area contributed by atoms with E-state index in [0.29, 0.717) is 0 Å². The molecule has 0 radical (unpaired) electrons. The molecule has 1 aliphatic carbocycles. The summed E-state index contributed by atoms with van der Waals surface area (Å²) in [6.07, 6.45) is 9.63. The molecule has 0 N–H and O–H groups in total. The van der Waals surface area contributed by atoms with Crippen LogP contribution in [0.25, 0.3) is 61.9 Å². The van der Waals surface area contributed by atoms with E-state index in [1.54, 1.807) is 0 Å². The minimum Gasteiger partial charge on any atom is -0.310 e. The zero-order valence-corrected chi connectivity index (χ0v) is 22.4. The van der Waals surface area contributed by atoms with Crippen molar-refractivity contribution < 1.29 is 0 Å². The highest BCUT2D eigenvalue weighted by Crippen LogP contribution is 2.34. The Labute approximate surface area is 238 Å². The lowest BCUT2D eigenvalue weighted by Gasteiger charge is -2.13. The van der Waals surface area contributed by atoms with Crippen LogP contribution in [0.3, 0.4) is 0 Å². The van der Waals surface area contributed by atoms with E-state index < -0.39 is 0 Å². The Balaban J connectivity index is 1.27. The largest absolute Gasteiger partial charge is 0.310 e. The van der Waals surface area contributed by atoms with Gasteiger partial charge in [0.2, 0.25) is 0 Å². The van der Waals surface area contributed by atoms with E-state index in [-0.39, 0.29) is 0 Å². The Kier molecular flexibility index (Phi) is 5.49. The zero-order chi connectivity index (χ0) is 27.2. The zero-order valence-electron chi connectivity index (χ0n) is 22.4. The summed E-state index contributed by atoms with van der Waals surface area (Å²) in [6.45, 7) is 0. The first-order valence-corrected chi connectivity index (χ1v) is 13.9. The van der Waals surface area contributed by atoms with Crippen LogP contribution in [0.1, 0.15) is 11.3 Å². The van der Waals surface area contributed by atoms with Gasteiger partial charge in [0.1, 0.15) is 0 Å². The second-order valence-electron chi connectivity index (χ2n) is 10.3. The van der Waals surface area contributed by atoms with Crippen LogP contribution >= 0.6 is 0 Å². The Morgan fingerprint density at radius 1 is 0.537 bits per heavy atom. The minimum absolute atomic E-state index is 0.811. The van der Waals surface area contributed by atoms with Crippen LogP contribution in [0.5, 0.6) is 0 Å². The number of nitrogens with zero attached hydrogens (tertiary/aromatic N) is 4. The fourth-order valence-electron chi connectivity index (χ4n) is 5.97. The van der Waals surface area contributed by atoms with Crippen molar-refractivity contribution in [1.82, 2.24) is 19.3 Å². The summed E-state index contributed by atoms with van der Waals surface area (Å²) in [5.41, 5.74) is 8.00. The average molecular weight is 527 g/mol. The molecule has 8 rings (SSSR count). The fraction of sp³-hybridized carbons (Fsp3) is 0.0270. The van der Waals surface area contributed by atoms with Crippen molar-refractivity contribution in [3.63, 3.8) is 0 Å². The molecule has 0 amide bonds. The van der Waals surface area contributed by atoms with E-state index in [4.69, 9.17) is 10.2 Å². The van der Waals surface area contributed by atoms with E-state index in [1.165, 1.54) is 32.9 Å². The molecule has 0 fully saturated rings. The first kappa shape index (κ1) is 23.4. The second-order valence-corrected chi connectivity index (χ2v) is 10.3. The molecule has 0 saturated carbocycles. The maximum absolute atomic E-state index is 4.73. The van der Waals surface area contributed by atoms with Gasteiger partial charge in [0, 0.05) is 27.9 Å². The molecule has 0 unspecified atom stereocenters. The molecule has 0 aliphatic heterocycles. The summed E-state index contributed by atoms with van der Waals surface area (Å²) in [5.74, 6) is 1.63. The topological polar surface area (TPSA) is 35.6 Å². The quantitative estimate of drug-likeness (QED) is 0.230. The van der Waals surface area contributed by atoms with Gasteiger partial charge >= 0.3 is 0 Å². The summed E-state index contributed by atoms with van der Waals surface area (Å²) in [6, 6.07) is 42.6. The van der Waals surface area contributed by atoms with Gasteiger partial charge in [-0.2, -0.15) is 0 Å². The number of allylic oxidation sites excluding steroid dienone is 3. The number of benzene rings is 5. The van der Waals surface area contributed by atoms with E-state index in [1.807, 2.05) is 6.07 Å². The van der Waals surface area contributed by atoms with Crippen molar-refractivity contribution in [2.75, 3.05) is 0 Å².